The molecule has 3 nitrogen and oxygen atoms in total. The lowest BCUT2D eigenvalue weighted by atomic mass is 9.45. The number of ether oxygens (including phenoxy) is 2. The van der Waals surface area contributed by atoms with Crippen molar-refractivity contribution in [3.05, 3.63) is 0 Å². The van der Waals surface area contributed by atoms with Gasteiger partial charge < -0.3 is 9.47 Å². The lowest BCUT2D eigenvalue weighted by molar-refractivity contribution is -0.147. The molecule has 3 heteroatoms. The lowest BCUT2D eigenvalue weighted by Crippen LogP contribution is -2.53. The van der Waals surface area contributed by atoms with Crippen molar-refractivity contribution >= 4 is 5.97 Å². The van der Waals surface area contributed by atoms with E-state index >= 15 is 0 Å². The van der Waals surface area contributed by atoms with Gasteiger partial charge in [-0.05, 0) is 92.3 Å². The van der Waals surface area contributed by atoms with E-state index in [9.17, 15) is 4.79 Å². The van der Waals surface area contributed by atoms with Crippen molar-refractivity contribution < 1.29 is 14.3 Å². The van der Waals surface area contributed by atoms with Crippen LogP contribution in [0.25, 0.3) is 0 Å². The average Bonchev–Trinajstić information content (AvgIpc) is 3.00. The highest BCUT2D eigenvalue weighted by molar-refractivity contribution is 5.65. The van der Waals surface area contributed by atoms with E-state index in [1.54, 1.807) is 0 Å². The Morgan fingerprint density at radius 3 is 2.62 bits per heavy atom. The van der Waals surface area contributed by atoms with Crippen molar-refractivity contribution in [2.45, 2.75) is 91.1 Å². The molecule has 0 aromatic heterocycles. The predicted molar refractivity (Wildman–Crippen MR) is 103 cm³/mol. The Bertz CT molecular complexity index is 532. The van der Waals surface area contributed by atoms with Crippen molar-refractivity contribution in [2.75, 3.05) is 13.2 Å². The number of rotatable bonds is 4. The van der Waals surface area contributed by atoms with Crippen molar-refractivity contribution in [3.63, 3.8) is 0 Å². The zero-order chi connectivity index (χ0) is 18.4. The molecule has 0 N–H and O–H groups in total. The second-order valence-corrected chi connectivity index (χ2v) is 10.3. The smallest absolute Gasteiger partial charge is 0.302 e. The van der Waals surface area contributed by atoms with E-state index in [-0.39, 0.29) is 5.97 Å². The highest BCUT2D eigenvalue weighted by Gasteiger charge is 2.57. The van der Waals surface area contributed by atoms with Crippen LogP contribution in [0.4, 0.5) is 0 Å². The minimum atomic E-state index is -0.209. The van der Waals surface area contributed by atoms with Gasteiger partial charge in [-0.1, -0.05) is 20.3 Å². The molecule has 0 radical (unpaired) electrons. The van der Waals surface area contributed by atoms with E-state index in [4.69, 9.17) is 9.47 Å². The van der Waals surface area contributed by atoms with Crippen LogP contribution < -0.4 is 0 Å². The van der Waals surface area contributed by atoms with Gasteiger partial charge >= 0.3 is 5.97 Å². The van der Waals surface area contributed by atoms with Gasteiger partial charge in [-0.2, -0.15) is 0 Å². The van der Waals surface area contributed by atoms with E-state index in [2.05, 4.69) is 13.8 Å². The van der Waals surface area contributed by atoms with Gasteiger partial charge in [0.2, 0.25) is 0 Å². The first-order chi connectivity index (χ1) is 12.4. The number of fused-ring (bicyclic) bond motifs is 5. The van der Waals surface area contributed by atoms with Gasteiger partial charge in [-0.3, -0.25) is 4.79 Å². The molecule has 4 aliphatic rings. The fraction of sp³-hybridized carbons (Fsp3) is 0.957. The number of carbonyl (C=O) groups is 1. The summed E-state index contributed by atoms with van der Waals surface area (Å²) in [6.07, 6.45) is 14.4. The molecule has 0 aliphatic heterocycles. The largest absolute Gasteiger partial charge is 0.463 e. The predicted octanol–water partition coefficient (Wildman–Crippen LogP) is 5.37. The van der Waals surface area contributed by atoms with E-state index in [0.29, 0.717) is 30.1 Å². The summed E-state index contributed by atoms with van der Waals surface area (Å²) in [4.78, 5) is 10.9. The maximum absolute atomic E-state index is 10.9. The Labute approximate surface area is 159 Å². The lowest BCUT2D eigenvalue weighted by Gasteiger charge is -2.60. The fourth-order valence-electron chi connectivity index (χ4n) is 7.76. The van der Waals surface area contributed by atoms with Gasteiger partial charge in [-0.15, -0.1) is 0 Å². The summed E-state index contributed by atoms with van der Waals surface area (Å²) < 4.78 is 11.1. The molecule has 148 valence electrons. The highest BCUT2D eigenvalue weighted by Crippen LogP contribution is 2.66. The van der Waals surface area contributed by atoms with Crippen molar-refractivity contribution in [1.29, 1.82) is 0 Å². The van der Waals surface area contributed by atoms with Crippen molar-refractivity contribution in [3.8, 4) is 0 Å². The third-order valence-electron chi connectivity index (χ3n) is 9.14. The van der Waals surface area contributed by atoms with Crippen LogP contribution in [0.2, 0.25) is 0 Å². The number of carbonyl (C=O) groups excluding carboxylic acids is 1. The normalized spacial score (nSPS) is 47.6. The van der Waals surface area contributed by atoms with Crippen LogP contribution in [0, 0.1) is 34.5 Å². The SMILES string of the molecule is CC(=O)OCCO[C@@H]1CC[C@@]2(C)[C@@H](CC[C@H]3[C@H]4CCC[C@@]4(C)CC[C@H]32)C1. The average molecular weight is 363 g/mol. The molecule has 0 bridgehead atoms. The minimum Gasteiger partial charge on any atom is -0.463 e. The first kappa shape index (κ1) is 18.8. The zero-order valence-electron chi connectivity index (χ0n) is 17.1. The molecule has 0 amide bonds. The molecule has 0 aromatic rings. The molecular formula is C23H38O3. The van der Waals surface area contributed by atoms with Gasteiger partial charge in [-0.25, -0.2) is 0 Å². The summed E-state index contributed by atoms with van der Waals surface area (Å²) in [6, 6.07) is 0. The molecule has 4 fully saturated rings. The van der Waals surface area contributed by atoms with Gasteiger partial charge in [0.15, 0.2) is 0 Å². The fourth-order valence-corrected chi connectivity index (χ4v) is 7.76. The summed E-state index contributed by atoms with van der Waals surface area (Å²) in [5, 5.41) is 0. The number of esters is 1. The third kappa shape index (κ3) is 3.23. The highest BCUT2D eigenvalue weighted by atomic mass is 16.6. The third-order valence-corrected chi connectivity index (χ3v) is 9.14. The minimum absolute atomic E-state index is 0.209. The van der Waals surface area contributed by atoms with Gasteiger partial charge in [0.25, 0.3) is 0 Å². The molecule has 26 heavy (non-hydrogen) atoms. The van der Waals surface area contributed by atoms with Crippen LogP contribution in [-0.4, -0.2) is 25.3 Å². The van der Waals surface area contributed by atoms with Gasteiger partial charge in [0, 0.05) is 6.92 Å². The molecule has 0 spiro atoms. The van der Waals surface area contributed by atoms with Gasteiger partial charge in [0.1, 0.15) is 6.61 Å². The molecule has 4 aliphatic carbocycles. The van der Waals surface area contributed by atoms with Crippen LogP contribution in [-0.2, 0) is 14.3 Å². The molecule has 0 saturated heterocycles. The maximum atomic E-state index is 10.9. The van der Waals surface area contributed by atoms with Crippen LogP contribution in [0.1, 0.15) is 85.0 Å². The molecular weight excluding hydrogens is 324 g/mol. The summed E-state index contributed by atoms with van der Waals surface area (Å²) in [5.41, 5.74) is 1.21. The number of hydrogen-bond donors (Lipinski definition) is 0. The zero-order valence-corrected chi connectivity index (χ0v) is 17.1. The topological polar surface area (TPSA) is 35.5 Å². The number of hydrogen-bond acceptors (Lipinski definition) is 3. The maximum Gasteiger partial charge on any atom is 0.302 e. The summed E-state index contributed by atoms with van der Waals surface area (Å²) >= 11 is 0. The first-order valence-corrected chi connectivity index (χ1v) is 11.2. The quantitative estimate of drug-likeness (QED) is 0.498. The van der Waals surface area contributed by atoms with E-state index in [0.717, 1.165) is 23.7 Å². The second kappa shape index (κ2) is 7.11. The molecule has 4 rings (SSSR count). The second-order valence-electron chi connectivity index (χ2n) is 10.3. The Morgan fingerprint density at radius 1 is 0.962 bits per heavy atom. The standard InChI is InChI=1S/C23H38O3/c1-16(24)25-13-14-26-18-8-12-23(3)17(15-18)6-7-19-20-5-4-10-22(20,2)11-9-21(19)23/h17-21H,4-15H2,1-3H3/t17-,18+,19-,20+,21+,22-,23-/m0/s1. The van der Waals surface area contributed by atoms with Crippen LogP contribution in [0.15, 0.2) is 0 Å². The monoisotopic (exact) mass is 362 g/mol. The molecule has 0 aromatic carbocycles. The van der Waals surface area contributed by atoms with Crippen LogP contribution >= 0.6 is 0 Å². The summed E-state index contributed by atoms with van der Waals surface area (Å²) in [5.74, 6) is 3.59. The van der Waals surface area contributed by atoms with Crippen LogP contribution in [0.5, 0.6) is 0 Å². The Balaban J connectivity index is 1.37. The molecule has 4 saturated carbocycles. The van der Waals surface area contributed by atoms with E-state index < -0.39 is 0 Å². The Hall–Kier alpha value is -0.570. The summed E-state index contributed by atoms with van der Waals surface area (Å²) in [6.45, 7) is 7.65. The molecule has 0 heterocycles. The van der Waals surface area contributed by atoms with E-state index in [1.807, 2.05) is 0 Å². The molecule has 7 atom stereocenters. The summed E-state index contributed by atoms with van der Waals surface area (Å²) in [7, 11) is 0. The van der Waals surface area contributed by atoms with E-state index in [1.165, 1.54) is 71.1 Å². The van der Waals surface area contributed by atoms with Crippen LogP contribution in [0.3, 0.4) is 0 Å². The van der Waals surface area contributed by atoms with Crippen molar-refractivity contribution in [2.24, 2.45) is 34.5 Å². The Kier molecular flexibility index (Phi) is 5.14. The first-order valence-electron chi connectivity index (χ1n) is 11.2. The molecule has 0 unspecified atom stereocenters. The van der Waals surface area contributed by atoms with Gasteiger partial charge in [0.05, 0.1) is 12.7 Å². The Morgan fingerprint density at radius 2 is 1.81 bits per heavy atom. The van der Waals surface area contributed by atoms with Crippen molar-refractivity contribution in [1.82, 2.24) is 0 Å².